The van der Waals surface area contributed by atoms with E-state index in [4.69, 9.17) is 12.2 Å². The zero-order valence-electron chi connectivity index (χ0n) is 7.26. The normalized spacial score (nSPS) is 9.42. The Balaban J connectivity index is 3.21. The number of hydrogen-bond donors (Lipinski definition) is 1. The summed E-state index contributed by atoms with van der Waals surface area (Å²) in [6.45, 7) is 3.77. The lowest BCUT2D eigenvalue weighted by Gasteiger charge is -2.05. The van der Waals surface area contributed by atoms with Crippen LogP contribution in [0.5, 0.6) is 0 Å². The van der Waals surface area contributed by atoms with Crippen molar-refractivity contribution < 1.29 is 0 Å². The first-order valence-corrected chi connectivity index (χ1v) is 3.68. The van der Waals surface area contributed by atoms with Gasteiger partial charge < -0.3 is 5.73 Å². The van der Waals surface area contributed by atoms with Gasteiger partial charge >= 0.3 is 0 Å². The third-order valence-electron chi connectivity index (χ3n) is 1.72. The highest BCUT2D eigenvalue weighted by Crippen LogP contribution is 2.10. The van der Waals surface area contributed by atoms with Crippen LogP contribution < -0.4 is 5.73 Å². The van der Waals surface area contributed by atoms with Crippen molar-refractivity contribution in [3.8, 4) is 12.3 Å². The van der Waals surface area contributed by atoms with Crippen molar-refractivity contribution >= 4 is 5.95 Å². The molecule has 0 aromatic carbocycles. The Bertz CT molecular complexity index is 313. The highest BCUT2D eigenvalue weighted by atomic mass is 15.0. The van der Waals surface area contributed by atoms with Gasteiger partial charge in [0.2, 0.25) is 5.95 Å². The van der Waals surface area contributed by atoms with Gasteiger partial charge in [-0.05, 0) is 13.8 Å². The van der Waals surface area contributed by atoms with Gasteiger partial charge in [-0.1, -0.05) is 0 Å². The lowest BCUT2D eigenvalue weighted by Crippen LogP contribution is -2.04. The Morgan fingerprint density at radius 3 is 2.25 bits per heavy atom. The lowest BCUT2D eigenvalue weighted by molar-refractivity contribution is 1.00. The maximum Gasteiger partial charge on any atom is 0.220 e. The maximum atomic E-state index is 5.45. The molecule has 0 atom stereocenters. The van der Waals surface area contributed by atoms with E-state index in [1.54, 1.807) is 0 Å². The smallest absolute Gasteiger partial charge is 0.220 e. The molecular formula is C9H11N3. The third-order valence-corrected chi connectivity index (χ3v) is 1.72. The molecule has 0 unspecified atom stereocenters. The Morgan fingerprint density at radius 1 is 1.33 bits per heavy atom. The first kappa shape index (κ1) is 8.54. The summed E-state index contributed by atoms with van der Waals surface area (Å²) < 4.78 is 0. The number of nitrogens with zero attached hydrogens (tertiary/aromatic N) is 2. The van der Waals surface area contributed by atoms with Crippen molar-refractivity contribution in [1.29, 1.82) is 0 Å². The number of terminal acetylenes is 1. The molecule has 0 aliphatic carbocycles. The van der Waals surface area contributed by atoms with Crippen molar-refractivity contribution in [2.24, 2.45) is 0 Å². The fourth-order valence-electron chi connectivity index (χ4n) is 1.12. The highest BCUT2D eigenvalue weighted by Gasteiger charge is 2.04. The predicted molar refractivity (Wildman–Crippen MR) is 48.5 cm³/mol. The molecule has 0 fully saturated rings. The van der Waals surface area contributed by atoms with Crippen molar-refractivity contribution in [3.63, 3.8) is 0 Å². The van der Waals surface area contributed by atoms with E-state index in [-0.39, 0.29) is 0 Å². The van der Waals surface area contributed by atoms with Crippen LogP contribution in [-0.2, 0) is 6.42 Å². The van der Waals surface area contributed by atoms with Gasteiger partial charge in [-0.2, -0.15) is 0 Å². The second kappa shape index (κ2) is 3.22. The molecule has 2 N–H and O–H groups in total. The standard InChI is InChI=1S/C9H11N3/c1-4-5-8-6(2)11-9(10)12-7(8)3/h1H,5H2,2-3H3,(H2,10,11,12). The van der Waals surface area contributed by atoms with E-state index >= 15 is 0 Å². The summed E-state index contributed by atoms with van der Waals surface area (Å²) in [4.78, 5) is 8.05. The summed E-state index contributed by atoms with van der Waals surface area (Å²) in [5, 5.41) is 0. The van der Waals surface area contributed by atoms with Gasteiger partial charge in [-0.3, -0.25) is 0 Å². The minimum Gasteiger partial charge on any atom is -0.368 e. The van der Waals surface area contributed by atoms with Gasteiger partial charge in [-0.25, -0.2) is 9.97 Å². The molecule has 1 aromatic rings. The Hall–Kier alpha value is -1.56. The molecule has 0 aliphatic heterocycles. The zero-order chi connectivity index (χ0) is 9.14. The number of anilines is 1. The minimum atomic E-state index is 0.311. The highest BCUT2D eigenvalue weighted by molar-refractivity contribution is 5.32. The van der Waals surface area contributed by atoms with E-state index in [1.807, 2.05) is 13.8 Å². The summed E-state index contributed by atoms with van der Waals surface area (Å²) in [6.07, 6.45) is 5.77. The lowest BCUT2D eigenvalue weighted by atomic mass is 10.1. The second-order valence-electron chi connectivity index (χ2n) is 2.61. The quantitative estimate of drug-likeness (QED) is 0.621. The van der Waals surface area contributed by atoms with Crippen LogP contribution >= 0.6 is 0 Å². The first-order chi connectivity index (χ1) is 5.65. The number of hydrogen-bond acceptors (Lipinski definition) is 3. The average molecular weight is 161 g/mol. The number of aromatic nitrogens is 2. The maximum absolute atomic E-state index is 5.45. The summed E-state index contributed by atoms with van der Waals surface area (Å²) in [6, 6.07) is 0. The van der Waals surface area contributed by atoms with Gasteiger partial charge in [0.25, 0.3) is 0 Å². The number of aryl methyl sites for hydroxylation is 2. The molecule has 1 rings (SSSR count). The summed E-state index contributed by atoms with van der Waals surface area (Å²) in [5.41, 5.74) is 8.20. The van der Waals surface area contributed by atoms with Gasteiger partial charge in [0, 0.05) is 23.4 Å². The van der Waals surface area contributed by atoms with Gasteiger partial charge in [0.15, 0.2) is 0 Å². The van der Waals surface area contributed by atoms with Gasteiger partial charge in [0.1, 0.15) is 0 Å². The molecule has 0 bridgehead atoms. The van der Waals surface area contributed by atoms with E-state index in [2.05, 4.69) is 15.9 Å². The third kappa shape index (κ3) is 1.54. The molecule has 3 nitrogen and oxygen atoms in total. The van der Waals surface area contributed by atoms with Crippen molar-refractivity contribution in [3.05, 3.63) is 17.0 Å². The molecular weight excluding hydrogens is 150 g/mol. The van der Waals surface area contributed by atoms with E-state index in [0.29, 0.717) is 12.4 Å². The van der Waals surface area contributed by atoms with Crippen LogP contribution in [-0.4, -0.2) is 9.97 Å². The fraction of sp³-hybridized carbons (Fsp3) is 0.333. The molecule has 0 saturated carbocycles. The molecule has 0 spiro atoms. The predicted octanol–water partition coefficient (Wildman–Crippen LogP) is 0.851. The minimum absolute atomic E-state index is 0.311. The van der Waals surface area contributed by atoms with Gasteiger partial charge in [-0.15, -0.1) is 12.3 Å². The number of rotatable bonds is 1. The van der Waals surface area contributed by atoms with Crippen LogP contribution in [0, 0.1) is 26.2 Å². The van der Waals surface area contributed by atoms with E-state index < -0.39 is 0 Å². The fourth-order valence-corrected chi connectivity index (χ4v) is 1.12. The molecule has 3 heteroatoms. The molecule has 62 valence electrons. The average Bonchev–Trinajstić information content (AvgIpc) is 1.96. The van der Waals surface area contributed by atoms with Crippen molar-refractivity contribution in [2.45, 2.75) is 20.3 Å². The van der Waals surface area contributed by atoms with Crippen LogP contribution in [0.2, 0.25) is 0 Å². The largest absolute Gasteiger partial charge is 0.368 e. The van der Waals surface area contributed by atoms with Crippen LogP contribution in [0.25, 0.3) is 0 Å². The van der Waals surface area contributed by atoms with Crippen LogP contribution in [0.15, 0.2) is 0 Å². The molecule has 1 aromatic heterocycles. The van der Waals surface area contributed by atoms with Gasteiger partial charge in [0.05, 0.1) is 0 Å². The monoisotopic (exact) mass is 161 g/mol. The van der Waals surface area contributed by atoms with E-state index in [9.17, 15) is 0 Å². The van der Waals surface area contributed by atoms with Crippen molar-refractivity contribution in [1.82, 2.24) is 9.97 Å². The Morgan fingerprint density at radius 2 is 1.83 bits per heavy atom. The summed E-state index contributed by atoms with van der Waals surface area (Å²) >= 11 is 0. The van der Waals surface area contributed by atoms with Crippen molar-refractivity contribution in [2.75, 3.05) is 5.73 Å². The first-order valence-electron chi connectivity index (χ1n) is 3.68. The molecule has 1 heterocycles. The molecule has 0 saturated heterocycles. The van der Waals surface area contributed by atoms with E-state index in [1.165, 1.54) is 0 Å². The molecule has 0 aliphatic rings. The topological polar surface area (TPSA) is 51.8 Å². The molecule has 0 radical (unpaired) electrons. The van der Waals surface area contributed by atoms with Crippen LogP contribution in [0.1, 0.15) is 17.0 Å². The second-order valence-corrected chi connectivity index (χ2v) is 2.61. The Kier molecular flexibility index (Phi) is 2.29. The summed E-state index contributed by atoms with van der Waals surface area (Å²) in [7, 11) is 0. The summed E-state index contributed by atoms with van der Waals surface area (Å²) in [5.74, 6) is 2.88. The number of nitrogens with two attached hydrogens (primary N) is 1. The number of nitrogen functional groups attached to an aromatic ring is 1. The Labute approximate surface area is 72.0 Å². The zero-order valence-corrected chi connectivity index (χ0v) is 7.26. The molecule has 12 heavy (non-hydrogen) atoms. The molecule has 0 amide bonds. The van der Waals surface area contributed by atoms with Crippen LogP contribution in [0.4, 0.5) is 5.95 Å². The van der Waals surface area contributed by atoms with Crippen LogP contribution in [0.3, 0.4) is 0 Å². The van der Waals surface area contributed by atoms with E-state index in [0.717, 1.165) is 17.0 Å². The SMILES string of the molecule is C#CCc1c(C)nc(N)nc1C.